The summed E-state index contributed by atoms with van der Waals surface area (Å²) in [5.41, 5.74) is 9.73. The van der Waals surface area contributed by atoms with Crippen LogP contribution < -0.4 is 9.80 Å². The third-order valence-electron chi connectivity index (χ3n) is 8.76. The van der Waals surface area contributed by atoms with E-state index in [0.29, 0.717) is 5.92 Å². The molecule has 0 amide bonds. The summed E-state index contributed by atoms with van der Waals surface area (Å²) < 4.78 is 0. The minimum atomic E-state index is 0.191. The highest BCUT2D eigenvalue weighted by molar-refractivity contribution is 5.96. The molecule has 2 atom stereocenters. The molecule has 0 bridgehead atoms. The minimum absolute atomic E-state index is 0.191. The van der Waals surface area contributed by atoms with Gasteiger partial charge in [0, 0.05) is 35.2 Å². The first-order chi connectivity index (χ1) is 21.7. The molecule has 0 saturated heterocycles. The molecule has 2 heteroatoms. The maximum Gasteiger partial charge on any atom is 0.0586 e. The molecule has 0 spiro atoms. The lowest BCUT2D eigenvalue weighted by Crippen LogP contribution is -2.35. The van der Waals surface area contributed by atoms with Gasteiger partial charge in [0.05, 0.1) is 6.04 Å². The Labute approximate surface area is 260 Å². The number of rotatable bonds is 7. The van der Waals surface area contributed by atoms with Gasteiger partial charge in [-0.15, -0.1) is 0 Å². The average molecular weight is 569 g/mol. The number of para-hydroxylation sites is 1. The largest absolute Gasteiger partial charge is 0.345 e. The fourth-order valence-electron chi connectivity index (χ4n) is 6.34. The lowest BCUT2D eigenvalue weighted by Gasteiger charge is -2.37. The van der Waals surface area contributed by atoms with Crippen molar-refractivity contribution in [3.63, 3.8) is 0 Å². The van der Waals surface area contributed by atoms with Crippen LogP contribution in [0.25, 0.3) is 27.5 Å². The van der Waals surface area contributed by atoms with E-state index in [1.807, 2.05) is 0 Å². The molecule has 0 aromatic heterocycles. The van der Waals surface area contributed by atoms with Gasteiger partial charge >= 0.3 is 0 Å². The molecule has 0 N–H and O–H groups in total. The zero-order valence-electron chi connectivity index (χ0n) is 25.2. The van der Waals surface area contributed by atoms with Gasteiger partial charge in [-0.2, -0.15) is 0 Å². The molecule has 6 aromatic rings. The Bertz CT molecular complexity index is 1920. The average Bonchev–Trinajstić information content (AvgIpc) is 3.10. The van der Waals surface area contributed by atoms with Gasteiger partial charge in [-0.25, -0.2) is 0 Å². The summed E-state index contributed by atoms with van der Waals surface area (Å²) in [6, 6.07) is 54.5. The molecular formula is C42H36N2. The maximum atomic E-state index is 2.50. The summed E-state index contributed by atoms with van der Waals surface area (Å²) >= 11 is 0. The number of hydrogen-bond donors (Lipinski definition) is 0. The van der Waals surface area contributed by atoms with Crippen LogP contribution >= 0.6 is 0 Å². The molecule has 6 aromatic carbocycles. The quantitative estimate of drug-likeness (QED) is 0.189. The Morgan fingerprint density at radius 3 is 1.75 bits per heavy atom. The van der Waals surface area contributed by atoms with Gasteiger partial charge in [0.15, 0.2) is 0 Å². The SMILES string of the molecule is CC1C=C(c2ccc(N(C)c3ccc(-c4ccccc4)cc3)cc2)C=CC1N(c1ccccc1)c1cccc2ccccc12. The predicted octanol–water partition coefficient (Wildman–Crippen LogP) is 11.1. The van der Waals surface area contributed by atoms with Crippen molar-refractivity contribution in [1.29, 1.82) is 0 Å². The summed E-state index contributed by atoms with van der Waals surface area (Å²) in [6.07, 6.45) is 7.10. The van der Waals surface area contributed by atoms with Crippen LogP contribution in [0.2, 0.25) is 0 Å². The smallest absolute Gasteiger partial charge is 0.0586 e. The molecule has 1 aliphatic carbocycles. The predicted molar refractivity (Wildman–Crippen MR) is 189 cm³/mol. The summed E-state index contributed by atoms with van der Waals surface area (Å²) in [6.45, 7) is 2.33. The number of anilines is 4. The molecule has 1 aliphatic rings. The van der Waals surface area contributed by atoms with Crippen LogP contribution in [-0.4, -0.2) is 13.1 Å². The Hall–Kier alpha value is -5.34. The van der Waals surface area contributed by atoms with Gasteiger partial charge in [-0.3, -0.25) is 0 Å². The molecule has 2 nitrogen and oxygen atoms in total. The second-order valence-electron chi connectivity index (χ2n) is 11.6. The Balaban J connectivity index is 1.13. The van der Waals surface area contributed by atoms with E-state index < -0.39 is 0 Å². The first-order valence-electron chi connectivity index (χ1n) is 15.4. The second-order valence-corrected chi connectivity index (χ2v) is 11.6. The monoisotopic (exact) mass is 568 g/mol. The van der Waals surface area contributed by atoms with E-state index in [-0.39, 0.29) is 6.04 Å². The third-order valence-corrected chi connectivity index (χ3v) is 8.76. The lowest BCUT2D eigenvalue weighted by molar-refractivity contribution is 0.612. The van der Waals surface area contributed by atoms with Crippen LogP contribution in [0.3, 0.4) is 0 Å². The molecular weight excluding hydrogens is 532 g/mol. The van der Waals surface area contributed by atoms with E-state index in [1.54, 1.807) is 0 Å². The summed E-state index contributed by atoms with van der Waals surface area (Å²) in [4.78, 5) is 4.74. The normalized spacial score (nSPS) is 16.0. The van der Waals surface area contributed by atoms with Gasteiger partial charge in [-0.1, -0.05) is 134 Å². The van der Waals surface area contributed by atoms with Gasteiger partial charge in [0.25, 0.3) is 0 Å². The highest BCUT2D eigenvalue weighted by atomic mass is 15.2. The molecule has 7 rings (SSSR count). The molecule has 2 unspecified atom stereocenters. The van der Waals surface area contributed by atoms with Crippen molar-refractivity contribution in [3.05, 3.63) is 175 Å². The number of allylic oxidation sites excluding steroid dienone is 2. The van der Waals surface area contributed by atoms with Crippen LogP contribution in [0.4, 0.5) is 22.7 Å². The fourth-order valence-corrected chi connectivity index (χ4v) is 6.34. The van der Waals surface area contributed by atoms with Crippen molar-refractivity contribution in [2.24, 2.45) is 5.92 Å². The topological polar surface area (TPSA) is 6.48 Å². The highest BCUT2D eigenvalue weighted by Crippen LogP contribution is 2.39. The zero-order valence-corrected chi connectivity index (χ0v) is 25.2. The van der Waals surface area contributed by atoms with Gasteiger partial charge in [-0.05, 0) is 76.0 Å². The summed E-state index contributed by atoms with van der Waals surface area (Å²) in [5.74, 6) is 0.305. The van der Waals surface area contributed by atoms with Crippen LogP contribution in [0, 0.1) is 5.92 Å². The molecule has 0 saturated carbocycles. The van der Waals surface area contributed by atoms with Crippen molar-refractivity contribution in [3.8, 4) is 11.1 Å². The van der Waals surface area contributed by atoms with E-state index in [2.05, 4.69) is 194 Å². The van der Waals surface area contributed by atoms with E-state index in [0.717, 1.165) is 0 Å². The minimum Gasteiger partial charge on any atom is -0.345 e. The van der Waals surface area contributed by atoms with E-state index >= 15 is 0 Å². The second kappa shape index (κ2) is 12.1. The molecule has 0 fully saturated rings. The van der Waals surface area contributed by atoms with Gasteiger partial charge < -0.3 is 9.80 Å². The molecule has 0 radical (unpaired) electrons. The summed E-state index contributed by atoms with van der Waals surface area (Å²) in [5, 5.41) is 2.52. The Morgan fingerprint density at radius 1 is 0.500 bits per heavy atom. The van der Waals surface area contributed by atoms with E-state index in [9.17, 15) is 0 Å². The fraction of sp³-hybridized carbons (Fsp3) is 0.0952. The first-order valence-corrected chi connectivity index (χ1v) is 15.4. The Kier molecular flexibility index (Phi) is 7.56. The summed E-state index contributed by atoms with van der Waals surface area (Å²) in [7, 11) is 2.13. The Morgan fingerprint density at radius 2 is 1.07 bits per heavy atom. The van der Waals surface area contributed by atoms with Crippen LogP contribution in [0.5, 0.6) is 0 Å². The van der Waals surface area contributed by atoms with Crippen LogP contribution in [0.1, 0.15) is 12.5 Å². The number of nitrogens with zero attached hydrogens (tertiary/aromatic N) is 2. The van der Waals surface area contributed by atoms with Crippen molar-refractivity contribution in [2.75, 3.05) is 16.8 Å². The van der Waals surface area contributed by atoms with E-state index in [4.69, 9.17) is 0 Å². The molecule has 214 valence electrons. The number of hydrogen-bond acceptors (Lipinski definition) is 2. The van der Waals surface area contributed by atoms with Crippen molar-refractivity contribution in [2.45, 2.75) is 13.0 Å². The van der Waals surface area contributed by atoms with Crippen molar-refractivity contribution >= 4 is 39.1 Å². The van der Waals surface area contributed by atoms with Crippen molar-refractivity contribution < 1.29 is 0 Å². The van der Waals surface area contributed by atoms with E-state index in [1.165, 1.54) is 55.8 Å². The molecule has 0 heterocycles. The van der Waals surface area contributed by atoms with Crippen LogP contribution in [0.15, 0.2) is 170 Å². The standard InChI is InChI=1S/C42H36N2/c1-31-30-36(34-22-27-38(28-23-34)43(2)37-25-20-33(21-26-37)32-12-5-3-6-13-32)24-29-41(31)44(39-16-7-4-8-17-39)42-19-11-15-35-14-9-10-18-40(35)42/h3-31,41H,1-2H3. The number of fused-ring (bicyclic) bond motifs is 1. The van der Waals surface area contributed by atoms with Crippen molar-refractivity contribution in [1.82, 2.24) is 0 Å². The van der Waals surface area contributed by atoms with Gasteiger partial charge in [0.2, 0.25) is 0 Å². The third kappa shape index (κ3) is 5.43. The lowest BCUT2D eigenvalue weighted by atomic mass is 9.88. The zero-order chi connectivity index (χ0) is 29.9. The maximum absolute atomic E-state index is 2.50. The molecule has 44 heavy (non-hydrogen) atoms. The first kappa shape index (κ1) is 27.5. The number of benzene rings is 6. The van der Waals surface area contributed by atoms with Gasteiger partial charge in [0.1, 0.15) is 0 Å². The molecule has 0 aliphatic heterocycles. The highest BCUT2D eigenvalue weighted by Gasteiger charge is 2.27. The van der Waals surface area contributed by atoms with Crippen LogP contribution in [-0.2, 0) is 0 Å².